The molecule has 0 aromatic rings. The molecular formula is C11H13BF4FeO3-. The van der Waals surface area contributed by atoms with Crippen molar-refractivity contribution in [2.24, 2.45) is 0 Å². The van der Waals surface area contributed by atoms with E-state index in [9.17, 15) is 17.3 Å². The van der Waals surface area contributed by atoms with Gasteiger partial charge in [0.2, 0.25) is 0 Å². The van der Waals surface area contributed by atoms with Gasteiger partial charge in [-0.3, -0.25) is 0 Å². The first-order valence-electron chi connectivity index (χ1n) is 5.03. The van der Waals surface area contributed by atoms with Crippen LogP contribution >= 0.6 is 0 Å². The van der Waals surface area contributed by atoms with E-state index in [0.717, 1.165) is 13.2 Å². The van der Waals surface area contributed by atoms with Crippen molar-refractivity contribution in [2.45, 2.75) is 12.8 Å². The Kier molecular flexibility index (Phi) is 33.3. The van der Waals surface area contributed by atoms with Gasteiger partial charge in [-0.05, 0) is 44.9 Å². The van der Waals surface area contributed by atoms with Crippen LogP contribution in [0, 0.1) is 45.4 Å². The standard InChI is InChI=1S/C5H5.C4H8O.2CO.BF4.Fe/c2*1-2-4-5-3-1;2*1-2;2-1(3,4)5;/h1-5H;1-4H2;;;;/q;;;;-1;. The van der Waals surface area contributed by atoms with Crippen molar-refractivity contribution in [1.82, 2.24) is 0 Å². The number of hydrogen-bond acceptors (Lipinski definition) is 1. The molecule has 115 valence electrons. The topological polar surface area (TPSA) is 49.0 Å². The molecule has 3 nitrogen and oxygen atoms in total. The molecule has 1 saturated heterocycles. The van der Waals surface area contributed by atoms with E-state index in [2.05, 4.69) is 13.3 Å². The van der Waals surface area contributed by atoms with Crippen molar-refractivity contribution in [2.75, 3.05) is 13.2 Å². The monoisotopic (exact) mass is 336 g/mol. The molecule has 2 aliphatic rings. The first kappa shape index (κ1) is 28.0. The Morgan fingerprint density at radius 3 is 1.05 bits per heavy atom. The Bertz CT molecular complexity index is 168. The van der Waals surface area contributed by atoms with Crippen LogP contribution in [0.1, 0.15) is 12.8 Å². The minimum Gasteiger partial charge on any atom is -0.0312 e. The summed E-state index contributed by atoms with van der Waals surface area (Å²) >= 11 is 0. The van der Waals surface area contributed by atoms with Gasteiger partial charge >= 0.3 is 29.9 Å². The van der Waals surface area contributed by atoms with Crippen LogP contribution in [0.15, 0.2) is 0 Å². The third-order valence-electron chi connectivity index (χ3n) is 1.38. The molecule has 0 aromatic carbocycles. The number of hydrogen-bond donors (Lipinski definition) is 0. The van der Waals surface area contributed by atoms with Gasteiger partial charge in [0.1, 0.15) is 0 Å². The van der Waals surface area contributed by atoms with Gasteiger partial charge < -0.3 is 22.0 Å². The molecule has 5 radical (unpaired) electrons. The minimum absolute atomic E-state index is 0. The van der Waals surface area contributed by atoms with E-state index in [1.54, 1.807) is 0 Å². The van der Waals surface area contributed by atoms with Gasteiger partial charge in [-0.15, -0.1) is 0 Å². The maximum absolute atomic E-state index is 9.75. The predicted octanol–water partition coefficient (Wildman–Crippen LogP) is 3.04. The molecule has 0 N–H and O–H groups in total. The summed E-state index contributed by atoms with van der Waals surface area (Å²) in [5.74, 6) is 0. The van der Waals surface area contributed by atoms with E-state index >= 15 is 0 Å². The van der Waals surface area contributed by atoms with E-state index in [1.807, 2.05) is 32.1 Å². The molecule has 1 saturated carbocycles. The van der Waals surface area contributed by atoms with Crippen LogP contribution in [0.5, 0.6) is 0 Å². The molecule has 1 aliphatic heterocycles. The summed E-state index contributed by atoms with van der Waals surface area (Å²) in [6, 6.07) is 0. The molecule has 9 heteroatoms. The van der Waals surface area contributed by atoms with Gasteiger partial charge in [-0.2, -0.15) is 0 Å². The minimum atomic E-state index is -6.00. The van der Waals surface area contributed by atoms with Crippen molar-refractivity contribution >= 4 is 7.25 Å². The van der Waals surface area contributed by atoms with E-state index in [1.165, 1.54) is 12.8 Å². The third-order valence-corrected chi connectivity index (χ3v) is 1.38. The van der Waals surface area contributed by atoms with Gasteiger partial charge in [-0.25, -0.2) is 0 Å². The van der Waals surface area contributed by atoms with Crippen LogP contribution in [0.3, 0.4) is 0 Å². The molecule has 0 atom stereocenters. The molecule has 0 aromatic heterocycles. The number of rotatable bonds is 0. The van der Waals surface area contributed by atoms with Crippen molar-refractivity contribution < 1.29 is 48.4 Å². The molecule has 0 amide bonds. The van der Waals surface area contributed by atoms with Gasteiger partial charge in [0.05, 0.1) is 0 Å². The van der Waals surface area contributed by atoms with Crippen LogP contribution in [0.4, 0.5) is 17.3 Å². The van der Waals surface area contributed by atoms with Crippen molar-refractivity contribution in [3.63, 3.8) is 0 Å². The fraction of sp³-hybridized carbons (Fsp3) is 0.364. The summed E-state index contributed by atoms with van der Waals surface area (Å²) in [7, 11) is -6.00. The van der Waals surface area contributed by atoms with E-state index in [4.69, 9.17) is 14.0 Å². The van der Waals surface area contributed by atoms with E-state index in [0.29, 0.717) is 0 Å². The van der Waals surface area contributed by atoms with Crippen LogP contribution in [0.25, 0.3) is 0 Å². The van der Waals surface area contributed by atoms with E-state index < -0.39 is 7.25 Å². The summed E-state index contributed by atoms with van der Waals surface area (Å²) in [5, 5.41) is 0. The average molecular weight is 336 g/mol. The number of ether oxygens (including phenoxy) is 1. The largest absolute Gasteiger partial charge is 0.0312 e. The molecule has 0 spiro atoms. The molecular weight excluding hydrogens is 323 g/mol. The second-order valence-electron chi connectivity index (χ2n) is 2.78. The summed E-state index contributed by atoms with van der Waals surface area (Å²) in [5.41, 5.74) is 0. The summed E-state index contributed by atoms with van der Waals surface area (Å²) in [6.07, 6.45) is 12.6. The quantitative estimate of drug-likeness (QED) is 0.290. The van der Waals surface area contributed by atoms with Crippen molar-refractivity contribution in [3.05, 3.63) is 45.4 Å². The van der Waals surface area contributed by atoms with Gasteiger partial charge in [0.25, 0.3) is 0 Å². The zero-order valence-electron chi connectivity index (χ0n) is 10.4. The summed E-state index contributed by atoms with van der Waals surface area (Å²) in [4.78, 5) is 0. The van der Waals surface area contributed by atoms with Crippen LogP contribution in [-0.4, -0.2) is 20.5 Å². The first-order chi connectivity index (χ1) is 9.00. The fourth-order valence-corrected chi connectivity index (χ4v) is 0.831. The second kappa shape index (κ2) is 23.8. The maximum Gasteiger partial charge on any atom is 0 e. The van der Waals surface area contributed by atoms with Crippen LogP contribution < -0.4 is 0 Å². The Morgan fingerprint density at radius 2 is 0.950 bits per heavy atom. The van der Waals surface area contributed by atoms with Crippen molar-refractivity contribution in [1.29, 1.82) is 0 Å². The fourth-order valence-electron chi connectivity index (χ4n) is 0.831. The third kappa shape index (κ3) is 52.4. The van der Waals surface area contributed by atoms with Crippen LogP contribution in [-0.2, 0) is 31.1 Å². The Balaban J connectivity index is -0.0000000836. The van der Waals surface area contributed by atoms with Crippen molar-refractivity contribution in [3.8, 4) is 0 Å². The Labute approximate surface area is 127 Å². The molecule has 0 unspecified atom stereocenters. The maximum atomic E-state index is 9.75. The second-order valence-corrected chi connectivity index (χ2v) is 2.78. The number of halogens is 4. The smallest absolute Gasteiger partial charge is 0 e. The summed E-state index contributed by atoms with van der Waals surface area (Å²) < 4.78 is 58.9. The zero-order valence-corrected chi connectivity index (χ0v) is 11.5. The van der Waals surface area contributed by atoms with E-state index in [-0.39, 0.29) is 17.1 Å². The van der Waals surface area contributed by atoms with Gasteiger partial charge in [0, 0.05) is 30.3 Å². The normalized spacial score (nSPS) is 15.2. The SMILES string of the molecule is C1CCOC1.F[B-](F)(F)F.[C-]#[O+].[C-]#[O+].[CH]1[CH][CH][CH][CH]1.[Fe]. The molecule has 1 heterocycles. The van der Waals surface area contributed by atoms with Crippen LogP contribution in [0.2, 0.25) is 0 Å². The average Bonchev–Trinajstić information content (AvgIpc) is 3.10. The van der Waals surface area contributed by atoms with Gasteiger partial charge in [0.15, 0.2) is 0 Å². The van der Waals surface area contributed by atoms with Gasteiger partial charge in [-0.1, -0.05) is 0 Å². The Morgan fingerprint density at radius 1 is 0.750 bits per heavy atom. The Hall–Kier alpha value is -0.256. The molecule has 20 heavy (non-hydrogen) atoms. The summed E-state index contributed by atoms with van der Waals surface area (Å²) in [6.45, 7) is 11.0. The zero-order chi connectivity index (χ0) is 15.6. The molecule has 2 rings (SSSR count). The molecule has 0 bridgehead atoms. The molecule has 1 aliphatic carbocycles. The first-order valence-corrected chi connectivity index (χ1v) is 5.03. The molecule has 2 fully saturated rings. The predicted molar refractivity (Wildman–Crippen MR) is 59.6 cm³/mol.